The lowest BCUT2D eigenvalue weighted by Gasteiger charge is -2.37. The number of hydrogen-bond donors (Lipinski definition) is 0. The third-order valence-electron chi connectivity index (χ3n) is 11.3. The molecule has 0 N–H and O–H groups in total. The number of anilines is 1. The van der Waals surface area contributed by atoms with Gasteiger partial charge in [0.15, 0.2) is 5.76 Å². The average Bonchev–Trinajstić information content (AvgIpc) is 3.44. The molecule has 3 aliphatic heterocycles. The third-order valence-corrected chi connectivity index (χ3v) is 11.3. The topological polar surface area (TPSA) is 97.7 Å². The Labute approximate surface area is 313 Å². The first-order valence-corrected chi connectivity index (χ1v) is 19.5. The van der Waals surface area contributed by atoms with Crippen LogP contribution in [0.5, 0.6) is 5.75 Å². The number of rotatable bonds is 10. The Hall–Kier alpha value is -4.92. The zero-order valence-corrected chi connectivity index (χ0v) is 31.4. The van der Waals surface area contributed by atoms with Gasteiger partial charge in [-0.25, -0.2) is 4.79 Å². The second kappa shape index (κ2) is 16.0. The maximum atomic E-state index is 14.1. The van der Waals surface area contributed by atoms with Crippen molar-refractivity contribution in [2.24, 2.45) is 22.7 Å². The van der Waals surface area contributed by atoms with E-state index in [1.165, 1.54) is 16.8 Å². The van der Waals surface area contributed by atoms with E-state index in [1.807, 2.05) is 24.3 Å². The van der Waals surface area contributed by atoms with Gasteiger partial charge in [0, 0.05) is 31.7 Å². The van der Waals surface area contributed by atoms with E-state index in [1.54, 1.807) is 42.2 Å². The number of benzene rings is 3. The molecule has 9 heteroatoms. The van der Waals surface area contributed by atoms with Crippen LogP contribution in [0.15, 0.2) is 71.4 Å². The highest BCUT2D eigenvalue weighted by Crippen LogP contribution is 2.38. The maximum absolute atomic E-state index is 14.1. The van der Waals surface area contributed by atoms with Crippen LogP contribution in [0.25, 0.3) is 6.08 Å². The van der Waals surface area contributed by atoms with E-state index in [0.717, 1.165) is 69.2 Å². The molecule has 0 aromatic heterocycles. The number of aliphatic imine (C=N–C) groups is 1. The molecule has 1 amide bonds. The van der Waals surface area contributed by atoms with E-state index in [0.29, 0.717) is 41.7 Å². The second-order valence-electron chi connectivity index (χ2n) is 15.3. The summed E-state index contributed by atoms with van der Waals surface area (Å²) in [6.45, 7) is 10.9. The van der Waals surface area contributed by atoms with Crippen molar-refractivity contribution in [3.8, 4) is 5.75 Å². The van der Waals surface area contributed by atoms with Gasteiger partial charge in [-0.05, 0) is 134 Å². The van der Waals surface area contributed by atoms with Crippen molar-refractivity contribution in [3.63, 3.8) is 0 Å². The van der Waals surface area contributed by atoms with Crippen LogP contribution in [0.4, 0.5) is 11.4 Å². The van der Waals surface area contributed by atoms with E-state index in [-0.39, 0.29) is 42.2 Å². The Morgan fingerprint density at radius 1 is 1.00 bits per heavy atom. The number of amidine groups is 1. The molecule has 278 valence electrons. The summed E-state index contributed by atoms with van der Waals surface area (Å²) in [5, 5.41) is 0. The Bertz CT molecular complexity index is 1880. The zero-order chi connectivity index (χ0) is 37.1. The van der Waals surface area contributed by atoms with Crippen LogP contribution in [-0.4, -0.2) is 54.5 Å². The highest BCUT2D eigenvalue weighted by molar-refractivity contribution is 6.12. The molecule has 3 atom stereocenters. The number of amides is 1. The smallest absolute Gasteiger partial charge is 0.340 e. The van der Waals surface area contributed by atoms with E-state index in [4.69, 9.17) is 19.2 Å². The first-order valence-electron chi connectivity index (χ1n) is 19.5. The van der Waals surface area contributed by atoms with Gasteiger partial charge >= 0.3 is 18.0 Å². The van der Waals surface area contributed by atoms with Gasteiger partial charge in [-0.1, -0.05) is 52.0 Å². The first-order chi connectivity index (χ1) is 25.7. The largest absolute Gasteiger partial charge is 0.458 e. The maximum Gasteiger partial charge on any atom is 0.340 e. The van der Waals surface area contributed by atoms with Gasteiger partial charge in [-0.15, -0.1) is 0 Å². The number of ether oxygens (including phenoxy) is 3. The summed E-state index contributed by atoms with van der Waals surface area (Å²) in [6, 6.07) is 18.9. The summed E-state index contributed by atoms with van der Waals surface area (Å²) in [6.07, 6.45) is 9.77. The number of carbonyl (C=O) groups excluding carboxylic acids is 3. The number of carbonyl (C=O) groups is 3. The minimum atomic E-state index is -0.418. The molecule has 4 aliphatic rings. The summed E-state index contributed by atoms with van der Waals surface area (Å²) in [5.41, 5.74) is 6.63. The Kier molecular flexibility index (Phi) is 11.0. The highest BCUT2D eigenvalue weighted by atomic mass is 16.5. The van der Waals surface area contributed by atoms with E-state index in [9.17, 15) is 14.4 Å². The molecule has 0 spiro atoms. The summed E-state index contributed by atoms with van der Waals surface area (Å²) in [5.74, 6) is 0.995. The van der Waals surface area contributed by atoms with Gasteiger partial charge in [0.25, 0.3) is 5.91 Å². The van der Waals surface area contributed by atoms with Crippen molar-refractivity contribution in [2.45, 2.75) is 91.6 Å². The zero-order valence-electron chi connectivity index (χ0n) is 31.4. The molecule has 3 aromatic rings. The molecule has 2 fully saturated rings. The number of para-hydroxylation sites is 1. The van der Waals surface area contributed by atoms with Gasteiger partial charge < -0.3 is 19.1 Å². The molecule has 1 aliphatic carbocycles. The number of nitrogens with zero attached hydrogens (tertiary/aromatic N) is 3. The molecule has 3 unspecified atom stereocenters. The van der Waals surface area contributed by atoms with E-state index < -0.39 is 5.97 Å². The van der Waals surface area contributed by atoms with Crippen molar-refractivity contribution in [1.29, 1.82) is 0 Å². The third kappa shape index (κ3) is 8.19. The van der Waals surface area contributed by atoms with Crippen LogP contribution < -0.4 is 9.64 Å². The SMILES string of the molecule is CCC(=O)Oc1ccc(CCN2C(=O)/C(=C\c3cc4c5c(c3)CCCN5CCC4)O/C2=N\c2ccccc2C(=O)OC2CC(C(C)C)CCC2C)cc1. The van der Waals surface area contributed by atoms with Crippen LogP contribution in [0, 0.1) is 17.8 Å². The molecular formula is C44H51N3O6. The van der Waals surface area contributed by atoms with Crippen molar-refractivity contribution in [2.75, 3.05) is 24.5 Å². The molecule has 3 heterocycles. The molecule has 0 bridgehead atoms. The Morgan fingerprint density at radius 3 is 2.42 bits per heavy atom. The number of hydrogen-bond acceptors (Lipinski definition) is 8. The molecule has 9 nitrogen and oxygen atoms in total. The van der Waals surface area contributed by atoms with Crippen molar-refractivity contribution >= 4 is 41.3 Å². The lowest BCUT2D eigenvalue weighted by Crippen LogP contribution is -2.34. The minimum absolute atomic E-state index is 0.117. The van der Waals surface area contributed by atoms with Crippen LogP contribution >= 0.6 is 0 Å². The number of esters is 2. The predicted octanol–water partition coefficient (Wildman–Crippen LogP) is 8.45. The number of aryl methyl sites for hydroxylation is 2. The lowest BCUT2D eigenvalue weighted by atomic mass is 9.76. The van der Waals surface area contributed by atoms with Gasteiger partial charge in [-0.3, -0.25) is 14.5 Å². The predicted molar refractivity (Wildman–Crippen MR) is 206 cm³/mol. The summed E-state index contributed by atoms with van der Waals surface area (Å²) in [4.78, 5) is 48.5. The molecule has 53 heavy (non-hydrogen) atoms. The fourth-order valence-corrected chi connectivity index (χ4v) is 8.15. The molecule has 1 saturated heterocycles. The summed E-state index contributed by atoms with van der Waals surface area (Å²) >= 11 is 0. The van der Waals surface area contributed by atoms with Gasteiger partial charge in [-0.2, -0.15) is 4.99 Å². The van der Waals surface area contributed by atoms with Crippen LogP contribution in [-0.2, 0) is 38.3 Å². The lowest BCUT2D eigenvalue weighted by molar-refractivity contribution is -0.134. The highest BCUT2D eigenvalue weighted by Gasteiger charge is 2.36. The monoisotopic (exact) mass is 717 g/mol. The normalized spacial score (nSPS) is 22.6. The molecular weight excluding hydrogens is 666 g/mol. The second-order valence-corrected chi connectivity index (χ2v) is 15.3. The van der Waals surface area contributed by atoms with Crippen LogP contribution in [0.2, 0.25) is 0 Å². The van der Waals surface area contributed by atoms with Crippen LogP contribution in [0.1, 0.15) is 98.8 Å². The van der Waals surface area contributed by atoms with Gasteiger partial charge in [0.1, 0.15) is 11.9 Å². The van der Waals surface area contributed by atoms with Crippen molar-refractivity contribution < 1.29 is 28.6 Å². The molecule has 7 rings (SSSR count). The van der Waals surface area contributed by atoms with Gasteiger partial charge in [0.05, 0.1) is 11.3 Å². The molecule has 1 saturated carbocycles. The quantitative estimate of drug-likeness (QED) is 0.118. The van der Waals surface area contributed by atoms with Gasteiger partial charge in [0.2, 0.25) is 0 Å². The fraction of sp³-hybridized carbons (Fsp3) is 0.455. The van der Waals surface area contributed by atoms with E-state index in [2.05, 4.69) is 37.8 Å². The standard InChI is InChI=1S/C44H51N3O6/c1-5-40(48)51-35-18-15-30(16-19-35)20-23-47-42(49)39(26-31-24-33-10-8-21-46-22-9-11-34(25-31)41(33)46)53-44(47)45-37-13-7-6-12-36(37)43(50)52-38-27-32(28(2)3)17-14-29(38)4/h6-7,12-13,15-16,18-19,24-26,28-29,32,38H,5,8-11,14,17,20-23,27H2,1-4H3/b39-26+,45-44-. The minimum Gasteiger partial charge on any atom is -0.458 e. The molecule has 0 radical (unpaired) electrons. The average molecular weight is 718 g/mol. The summed E-state index contributed by atoms with van der Waals surface area (Å²) in [7, 11) is 0. The van der Waals surface area contributed by atoms with E-state index >= 15 is 0 Å². The van der Waals surface area contributed by atoms with Crippen molar-refractivity contribution in [3.05, 3.63) is 94.2 Å². The Morgan fingerprint density at radius 2 is 1.72 bits per heavy atom. The molecule has 3 aromatic carbocycles. The Balaban J connectivity index is 1.17. The summed E-state index contributed by atoms with van der Waals surface area (Å²) < 4.78 is 17.8. The first kappa shape index (κ1) is 36.4. The van der Waals surface area contributed by atoms with Crippen molar-refractivity contribution in [1.82, 2.24) is 4.90 Å². The fourth-order valence-electron chi connectivity index (χ4n) is 8.15. The van der Waals surface area contributed by atoms with Crippen LogP contribution in [0.3, 0.4) is 0 Å².